The molecule has 4 aromatic rings. The maximum absolute atomic E-state index is 12.9. The number of hydrogen-bond acceptors (Lipinski definition) is 7. The predicted molar refractivity (Wildman–Crippen MR) is 142 cm³/mol. The van der Waals surface area contributed by atoms with Gasteiger partial charge in [0.05, 0.1) is 11.9 Å². The summed E-state index contributed by atoms with van der Waals surface area (Å²) < 4.78 is 35.8. The fourth-order valence-electron chi connectivity index (χ4n) is 4.51. The van der Waals surface area contributed by atoms with Gasteiger partial charge in [-0.15, -0.1) is 0 Å². The highest BCUT2D eigenvalue weighted by molar-refractivity contribution is 7.92. The van der Waals surface area contributed by atoms with Gasteiger partial charge in [-0.25, -0.2) is 18.1 Å². The summed E-state index contributed by atoms with van der Waals surface area (Å²) in [6.45, 7) is 4.17. The fraction of sp³-hybridized carbons (Fsp3) is 0.296. The first-order valence-corrected chi connectivity index (χ1v) is 13.7. The molecule has 1 fully saturated rings. The Hall–Kier alpha value is -3.76. The van der Waals surface area contributed by atoms with Crippen molar-refractivity contribution in [2.24, 2.45) is 7.05 Å². The van der Waals surface area contributed by atoms with Gasteiger partial charge in [-0.2, -0.15) is 10.1 Å². The van der Waals surface area contributed by atoms with Crippen molar-refractivity contribution in [1.29, 1.82) is 0 Å². The van der Waals surface area contributed by atoms with Gasteiger partial charge < -0.3 is 9.64 Å². The Labute approximate surface area is 217 Å². The van der Waals surface area contributed by atoms with E-state index in [-0.39, 0.29) is 16.7 Å². The van der Waals surface area contributed by atoms with Crippen molar-refractivity contribution in [1.82, 2.24) is 24.6 Å². The molecule has 0 unspecified atom stereocenters. The van der Waals surface area contributed by atoms with Crippen LogP contribution in [-0.4, -0.2) is 53.2 Å². The minimum atomic E-state index is -3.93. The molecule has 1 aliphatic heterocycles. The predicted octanol–water partition coefficient (Wildman–Crippen LogP) is 4.59. The summed E-state index contributed by atoms with van der Waals surface area (Å²) in [4.78, 5) is 11.2. The van der Waals surface area contributed by atoms with Gasteiger partial charge in [-0.05, 0) is 69.1 Å². The number of piperidine rings is 1. The van der Waals surface area contributed by atoms with Gasteiger partial charge in [0.2, 0.25) is 11.8 Å². The lowest BCUT2D eigenvalue weighted by atomic mass is 9.90. The second-order valence-corrected chi connectivity index (χ2v) is 11.1. The lowest BCUT2D eigenvalue weighted by Gasteiger charge is -2.29. The van der Waals surface area contributed by atoms with Gasteiger partial charge in [0.1, 0.15) is 10.6 Å². The highest BCUT2D eigenvalue weighted by Crippen LogP contribution is 2.31. The zero-order valence-corrected chi connectivity index (χ0v) is 21.9. The number of aryl methyl sites for hydroxylation is 2. The highest BCUT2D eigenvalue weighted by atomic mass is 32.2. The summed E-state index contributed by atoms with van der Waals surface area (Å²) in [5.41, 5.74) is 3.70. The van der Waals surface area contributed by atoms with Crippen LogP contribution in [0.5, 0.6) is 11.6 Å². The van der Waals surface area contributed by atoms with Crippen LogP contribution in [0.2, 0.25) is 0 Å². The van der Waals surface area contributed by atoms with E-state index >= 15 is 0 Å². The van der Waals surface area contributed by atoms with E-state index in [1.54, 1.807) is 13.1 Å². The Balaban J connectivity index is 1.44. The summed E-state index contributed by atoms with van der Waals surface area (Å²) in [7, 11) is -0.122. The van der Waals surface area contributed by atoms with Crippen molar-refractivity contribution in [2.75, 3.05) is 24.9 Å². The number of aromatic nitrogens is 4. The molecule has 10 heteroatoms. The number of nitrogens with zero attached hydrogens (tertiary/aromatic N) is 5. The molecule has 37 heavy (non-hydrogen) atoms. The topological polar surface area (TPSA) is 102 Å². The van der Waals surface area contributed by atoms with Crippen molar-refractivity contribution >= 4 is 16.0 Å². The number of sulfonamides is 1. The van der Waals surface area contributed by atoms with Gasteiger partial charge in [0.15, 0.2) is 0 Å². The molecule has 1 saturated heterocycles. The molecule has 9 nitrogen and oxygen atoms in total. The number of rotatable bonds is 7. The Bertz CT molecular complexity index is 1490. The molecule has 0 saturated carbocycles. The van der Waals surface area contributed by atoms with Gasteiger partial charge in [0.25, 0.3) is 10.0 Å². The van der Waals surface area contributed by atoms with Crippen LogP contribution < -0.4 is 9.46 Å². The first-order valence-electron chi connectivity index (χ1n) is 12.2. The van der Waals surface area contributed by atoms with Crippen LogP contribution >= 0.6 is 0 Å². The summed E-state index contributed by atoms with van der Waals surface area (Å²) in [5, 5.41) is 3.95. The second kappa shape index (κ2) is 10.3. The van der Waals surface area contributed by atoms with E-state index in [2.05, 4.69) is 43.9 Å². The summed E-state index contributed by atoms with van der Waals surface area (Å²) >= 11 is 0. The molecule has 2 aromatic heterocycles. The van der Waals surface area contributed by atoms with Crippen molar-refractivity contribution in [3.63, 3.8) is 0 Å². The Morgan fingerprint density at radius 3 is 2.41 bits per heavy atom. The number of ether oxygens (including phenoxy) is 1. The summed E-state index contributed by atoms with van der Waals surface area (Å²) in [6.07, 6.45) is 4.97. The first kappa shape index (κ1) is 24.9. The van der Waals surface area contributed by atoms with E-state index in [1.165, 1.54) is 22.6 Å². The van der Waals surface area contributed by atoms with Crippen LogP contribution in [0.4, 0.5) is 5.95 Å². The van der Waals surface area contributed by atoms with E-state index in [1.807, 2.05) is 43.3 Å². The quantitative estimate of drug-likeness (QED) is 0.382. The summed E-state index contributed by atoms with van der Waals surface area (Å²) in [5.74, 6) is 1.32. The number of hydrogen-bond donors (Lipinski definition) is 1. The van der Waals surface area contributed by atoms with Crippen LogP contribution in [0.15, 0.2) is 71.9 Å². The number of nitrogens with one attached hydrogen (secondary N) is 1. The normalized spacial score (nSPS) is 15.0. The SMILES string of the molecule is Cc1ccccc1-c1cc(Oc2ccc(C3CCN(C)CC3)cc2)nc(NS(=O)(=O)c2cnn(C)c2)n1. The second-order valence-electron chi connectivity index (χ2n) is 9.43. The zero-order chi connectivity index (χ0) is 26.0. The zero-order valence-electron chi connectivity index (χ0n) is 21.1. The van der Waals surface area contributed by atoms with Gasteiger partial charge in [0, 0.05) is 24.9 Å². The van der Waals surface area contributed by atoms with E-state index in [9.17, 15) is 8.42 Å². The van der Waals surface area contributed by atoms with E-state index in [0.717, 1.165) is 37.1 Å². The van der Waals surface area contributed by atoms with Crippen molar-refractivity contribution in [3.8, 4) is 22.9 Å². The van der Waals surface area contributed by atoms with E-state index < -0.39 is 10.0 Å². The van der Waals surface area contributed by atoms with Gasteiger partial charge in [-0.1, -0.05) is 36.4 Å². The molecule has 0 atom stereocenters. The maximum atomic E-state index is 12.9. The van der Waals surface area contributed by atoms with Crippen molar-refractivity contribution in [3.05, 3.63) is 78.1 Å². The third-order valence-electron chi connectivity index (χ3n) is 6.63. The van der Waals surface area contributed by atoms with Crippen molar-refractivity contribution < 1.29 is 13.2 Å². The third kappa shape index (κ3) is 5.81. The minimum Gasteiger partial charge on any atom is -0.439 e. The van der Waals surface area contributed by atoms with Crippen LogP contribution in [0.1, 0.15) is 29.9 Å². The molecule has 1 aliphatic rings. The molecule has 0 aliphatic carbocycles. The smallest absolute Gasteiger partial charge is 0.267 e. The lowest BCUT2D eigenvalue weighted by molar-refractivity contribution is 0.255. The molecule has 0 spiro atoms. The molecule has 3 heterocycles. The molecular formula is C27H30N6O3S. The van der Waals surface area contributed by atoms with E-state index in [0.29, 0.717) is 17.4 Å². The molecule has 2 aromatic carbocycles. The van der Waals surface area contributed by atoms with Crippen LogP contribution in [0.3, 0.4) is 0 Å². The fourth-order valence-corrected chi connectivity index (χ4v) is 5.44. The lowest BCUT2D eigenvalue weighted by Crippen LogP contribution is -2.29. The molecular weight excluding hydrogens is 488 g/mol. The van der Waals surface area contributed by atoms with Crippen molar-refractivity contribution in [2.45, 2.75) is 30.6 Å². The van der Waals surface area contributed by atoms with Crippen LogP contribution in [0.25, 0.3) is 11.3 Å². The Morgan fingerprint density at radius 2 is 1.73 bits per heavy atom. The highest BCUT2D eigenvalue weighted by Gasteiger charge is 2.21. The Kier molecular flexibility index (Phi) is 6.94. The molecule has 192 valence electrons. The van der Waals surface area contributed by atoms with Crippen LogP contribution in [0, 0.1) is 6.92 Å². The molecule has 0 radical (unpaired) electrons. The van der Waals surface area contributed by atoms with Crippen LogP contribution in [-0.2, 0) is 17.1 Å². The molecule has 1 N–H and O–H groups in total. The number of likely N-dealkylation sites (tertiary alicyclic amines) is 1. The number of anilines is 1. The van der Waals surface area contributed by atoms with E-state index in [4.69, 9.17) is 4.74 Å². The Morgan fingerprint density at radius 1 is 1.00 bits per heavy atom. The largest absolute Gasteiger partial charge is 0.439 e. The number of benzene rings is 2. The average Bonchev–Trinajstić information content (AvgIpc) is 3.32. The third-order valence-corrected chi connectivity index (χ3v) is 7.92. The maximum Gasteiger partial charge on any atom is 0.267 e. The average molecular weight is 519 g/mol. The molecule has 0 bridgehead atoms. The minimum absolute atomic E-state index is 0.0202. The monoisotopic (exact) mass is 518 g/mol. The molecule has 0 amide bonds. The standard InChI is InChI=1S/C27H30N6O3S/c1-19-6-4-5-7-24(19)25-16-26(30-27(29-25)31-37(34,35)23-17-28-33(3)18-23)36-22-10-8-20(9-11-22)21-12-14-32(2)15-13-21/h4-11,16-18,21H,12-15H2,1-3H3,(H,29,30,31). The molecule has 5 rings (SSSR count). The summed E-state index contributed by atoms with van der Waals surface area (Å²) in [6, 6.07) is 17.5. The van der Waals surface area contributed by atoms with Gasteiger partial charge in [-0.3, -0.25) is 4.68 Å². The van der Waals surface area contributed by atoms with Gasteiger partial charge >= 0.3 is 0 Å². The first-order chi connectivity index (χ1) is 17.8.